The maximum Gasteiger partial charge on any atom is 0.180 e. The molecule has 0 aliphatic carbocycles. The first-order valence-electron chi connectivity index (χ1n) is 9.33. The SMILES string of the molecule is CCOc1ccc(-c2cn3cccc(OCc4ccc(C)cc4)c3n2)cc1N. The number of pyridine rings is 1. The van der Waals surface area contributed by atoms with Crippen LogP contribution in [0.3, 0.4) is 0 Å². The second-order valence-electron chi connectivity index (χ2n) is 6.69. The van der Waals surface area contributed by atoms with Crippen LogP contribution < -0.4 is 15.2 Å². The van der Waals surface area contributed by atoms with Crippen molar-refractivity contribution in [3.8, 4) is 22.8 Å². The molecule has 4 aromatic rings. The Hall–Kier alpha value is -3.47. The van der Waals surface area contributed by atoms with Crippen LogP contribution in [-0.4, -0.2) is 16.0 Å². The lowest BCUT2D eigenvalue weighted by Gasteiger charge is -2.08. The summed E-state index contributed by atoms with van der Waals surface area (Å²) in [7, 11) is 0. The fourth-order valence-corrected chi connectivity index (χ4v) is 3.08. The minimum Gasteiger partial charge on any atom is -0.492 e. The van der Waals surface area contributed by atoms with E-state index in [4.69, 9.17) is 20.2 Å². The van der Waals surface area contributed by atoms with Gasteiger partial charge in [0.1, 0.15) is 12.4 Å². The van der Waals surface area contributed by atoms with Crippen molar-refractivity contribution in [2.45, 2.75) is 20.5 Å². The molecule has 0 spiro atoms. The first-order valence-corrected chi connectivity index (χ1v) is 9.33. The number of fused-ring (bicyclic) bond motifs is 1. The third kappa shape index (κ3) is 3.64. The first kappa shape index (κ1) is 17.9. The van der Waals surface area contributed by atoms with Gasteiger partial charge >= 0.3 is 0 Å². The lowest BCUT2D eigenvalue weighted by molar-refractivity contribution is 0.308. The van der Waals surface area contributed by atoms with Crippen molar-refractivity contribution in [2.24, 2.45) is 0 Å². The number of nitrogens with zero attached hydrogens (tertiary/aromatic N) is 2. The maximum absolute atomic E-state index is 6.11. The lowest BCUT2D eigenvalue weighted by Crippen LogP contribution is -1.97. The monoisotopic (exact) mass is 373 g/mol. The molecule has 142 valence electrons. The van der Waals surface area contributed by atoms with Gasteiger partial charge in [-0.3, -0.25) is 0 Å². The summed E-state index contributed by atoms with van der Waals surface area (Å²) in [6.07, 6.45) is 3.94. The van der Waals surface area contributed by atoms with E-state index in [1.54, 1.807) is 0 Å². The number of rotatable bonds is 6. The Kier molecular flexibility index (Phi) is 4.89. The molecule has 0 aliphatic rings. The molecule has 0 amide bonds. The molecule has 5 nitrogen and oxygen atoms in total. The van der Waals surface area contributed by atoms with E-state index in [1.165, 1.54) is 5.56 Å². The molecular weight excluding hydrogens is 350 g/mol. The molecule has 28 heavy (non-hydrogen) atoms. The highest BCUT2D eigenvalue weighted by Gasteiger charge is 2.11. The Bertz CT molecular complexity index is 1100. The van der Waals surface area contributed by atoms with Crippen molar-refractivity contribution in [3.63, 3.8) is 0 Å². The van der Waals surface area contributed by atoms with Gasteiger partial charge in [-0.05, 0) is 49.7 Å². The molecule has 2 heterocycles. The van der Waals surface area contributed by atoms with Crippen molar-refractivity contribution in [1.82, 2.24) is 9.38 Å². The highest BCUT2D eigenvalue weighted by Crippen LogP contribution is 2.30. The van der Waals surface area contributed by atoms with Crippen LogP contribution in [0.15, 0.2) is 67.0 Å². The Morgan fingerprint density at radius 1 is 1.00 bits per heavy atom. The van der Waals surface area contributed by atoms with E-state index < -0.39 is 0 Å². The van der Waals surface area contributed by atoms with Gasteiger partial charge in [-0.15, -0.1) is 0 Å². The molecule has 0 atom stereocenters. The van der Waals surface area contributed by atoms with Crippen LogP contribution in [0.25, 0.3) is 16.9 Å². The molecular formula is C23H23N3O2. The summed E-state index contributed by atoms with van der Waals surface area (Å²) in [4.78, 5) is 4.77. The third-order valence-corrected chi connectivity index (χ3v) is 4.57. The summed E-state index contributed by atoms with van der Waals surface area (Å²) in [6, 6.07) is 18.0. The molecule has 0 saturated heterocycles. The largest absolute Gasteiger partial charge is 0.492 e. The van der Waals surface area contributed by atoms with Crippen molar-refractivity contribution >= 4 is 11.3 Å². The number of nitrogens with two attached hydrogens (primary N) is 1. The zero-order valence-electron chi connectivity index (χ0n) is 16.1. The number of anilines is 1. The molecule has 0 unspecified atom stereocenters. The zero-order chi connectivity index (χ0) is 19.5. The van der Waals surface area contributed by atoms with Gasteiger partial charge in [-0.2, -0.15) is 0 Å². The molecule has 2 aromatic carbocycles. The average Bonchev–Trinajstić information content (AvgIpc) is 3.14. The number of aromatic nitrogens is 2. The Balaban J connectivity index is 1.61. The molecule has 0 saturated carbocycles. The quantitative estimate of drug-likeness (QED) is 0.490. The summed E-state index contributed by atoms with van der Waals surface area (Å²) < 4.78 is 13.5. The van der Waals surface area contributed by atoms with Gasteiger partial charge < -0.3 is 19.6 Å². The van der Waals surface area contributed by atoms with Gasteiger partial charge in [0.25, 0.3) is 0 Å². The van der Waals surface area contributed by atoms with E-state index in [0.29, 0.717) is 24.7 Å². The highest BCUT2D eigenvalue weighted by molar-refractivity contribution is 5.71. The fraction of sp³-hybridized carbons (Fsp3) is 0.174. The van der Waals surface area contributed by atoms with Crippen LogP contribution in [-0.2, 0) is 6.61 Å². The predicted molar refractivity (Wildman–Crippen MR) is 112 cm³/mol. The number of hydrogen-bond acceptors (Lipinski definition) is 4. The van der Waals surface area contributed by atoms with E-state index in [0.717, 1.165) is 28.2 Å². The van der Waals surface area contributed by atoms with E-state index in [2.05, 4.69) is 31.2 Å². The van der Waals surface area contributed by atoms with E-state index in [-0.39, 0.29) is 0 Å². The van der Waals surface area contributed by atoms with Gasteiger partial charge in [0, 0.05) is 18.0 Å². The molecule has 5 heteroatoms. The van der Waals surface area contributed by atoms with Crippen molar-refractivity contribution in [1.29, 1.82) is 0 Å². The minimum atomic E-state index is 0.498. The van der Waals surface area contributed by atoms with Gasteiger partial charge in [0.2, 0.25) is 0 Å². The molecule has 0 radical (unpaired) electrons. The number of hydrogen-bond donors (Lipinski definition) is 1. The van der Waals surface area contributed by atoms with E-state index in [1.807, 2.05) is 54.0 Å². The zero-order valence-corrected chi connectivity index (χ0v) is 16.1. The molecule has 4 rings (SSSR count). The smallest absolute Gasteiger partial charge is 0.180 e. The van der Waals surface area contributed by atoms with Gasteiger partial charge in [0.15, 0.2) is 11.4 Å². The lowest BCUT2D eigenvalue weighted by atomic mass is 10.1. The van der Waals surface area contributed by atoms with Gasteiger partial charge in [0.05, 0.1) is 18.0 Å². The average molecular weight is 373 g/mol. The Morgan fingerprint density at radius 3 is 2.57 bits per heavy atom. The second kappa shape index (κ2) is 7.64. The van der Waals surface area contributed by atoms with E-state index >= 15 is 0 Å². The molecule has 0 bridgehead atoms. The van der Waals surface area contributed by atoms with Gasteiger partial charge in [-0.25, -0.2) is 4.98 Å². The minimum absolute atomic E-state index is 0.498. The van der Waals surface area contributed by atoms with Crippen molar-refractivity contribution < 1.29 is 9.47 Å². The summed E-state index contributed by atoms with van der Waals surface area (Å²) in [5.74, 6) is 1.44. The number of aryl methyl sites for hydroxylation is 1. The predicted octanol–water partition coefficient (Wildman–Crippen LogP) is 4.87. The standard InChI is InChI=1S/C23H23N3O2/c1-3-27-21-11-10-18(13-19(21)24)20-14-26-12-4-5-22(23(26)25-20)28-15-17-8-6-16(2)7-9-17/h4-14H,3,15,24H2,1-2H3. The third-order valence-electron chi connectivity index (χ3n) is 4.57. The Labute approximate surface area is 164 Å². The molecule has 0 aliphatic heterocycles. The number of benzene rings is 2. The maximum atomic E-state index is 6.11. The summed E-state index contributed by atoms with van der Waals surface area (Å²) in [5.41, 5.74) is 11.6. The number of ether oxygens (including phenoxy) is 2. The number of imidazole rings is 1. The second-order valence-corrected chi connectivity index (χ2v) is 6.69. The van der Waals surface area contributed by atoms with Crippen LogP contribution in [0.1, 0.15) is 18.1 Å². The van der Waals surface area contributed by atoms with Crippen LogP contribution in [0.5, 0.6) is 11.5 Å². The van der Waals surface area contributed by atoms with Crippen LogP contribution in [0.2, 0.25) is 0 Å². The van der Waals surface area contributed by atoms with Crippen molar-refractivity contribution in [3.05, 3.63) is 78.1 Å². The van der Waals surface area contributed by atoms with Crippen molar-refractivity contribution in [2.75, 3.05) is 12.3 Å². The summed E-state index contributed by atoms with van der Waals surface area (Å²) in [5, 5.41) is 0. The van der Waals surface area contributed by atoms with Crippen LogP contribution in [0, 0.1) is 6.92 Å². The molecule has 2 N–H and O–H groups in total. The Morgan fingerprint density at radius 2 is 1.82 bits per heavy atom. The highest BCUT2D eigenvalue weighted by atomic mass is 16.5. The normalized spacial score (nSPS) is 10.9. The molecule has 2 aromatic heterocycles. The topological polar surface area (TPSA) is 61.8 Å². The summed E-state index contributed by atoms with van der Waals surface area (Å²) in [6.45, 7) is 5.09. The first-order chi connectivity index (χ1) is 13.6. The number of nitrogen functional groups attached to an aromatic ring is 1. The van der Waals surface area contributed by atoms with Crippen LogP contribution in [0.4, 0.5) is 5.69 Å². The molecule has 0 fully saturated rings. The summed E-state index contributed by atoms with van der Waals surface area (Å²) >= 11 is 0. The van der Waals surface area contributed by atoms with Crippen LogP contribution >= 0.6 is 0 Å². The van der Waals surface area contributed by atoms with E-state index in [9.17, 15) is 0 Å². The fourth-order valence-electron chi connectivity index (χ4n) is 3.08. The van der Waals surface area contributed by atoms with Gasteiger partial charge in [-0.1, -0.05) is 29.8 Å².